The Morgan fingerprint density at radius 1 is 1.53 bits per heavy atom. The summed E-state index contributed by atoms with van der Waals surface area (Å²) in [5.41, 5.74) is 7.61. The molecule has 19 heavy (non-hydrogen) atoms. The Labute approximate surface area is 115 Å². The van der Waals surface area contributed by atoms with Crippen LogP contribution >= 0.6 is 11.3 Å². The molecular weight excluding hydrogens is 258 g/mol. The van der Waals surface area contributed by atoms with Gasteiger partial charge in [-0.3, -0.25) is 9.78 Å². The van der Waals surface area contributed by atoms with Crippen molar-refractivity contribution in [1.29, 1.82) is 0 Å². The van der Waals surface area contributed by atoms with Crippen molar-refractivity contribution in [2.45, 2.75) is 19.4 Å². The Bertz CT molecular complexity index is 590. The van der Waals surface area contributed by atoms with E-state index in [9.17, 15) is 4.79 Å². The zero-order chi connectivity index (χ0) is 13.2. The summed E-state index contributed by atoms with van der Waals surface area (Å²) < 4.78 is 0. The van der Waals surface area contributed by atoms with Crippen LogP contribution < -0.4 is 11.1 Å². The normalized spacial score (nSPS) is 14.3. The number of anilines is 2. The van der Waals surface area contributed by atoms with Gasteiger partial charge in [-0.1, -0.05) is 6.07 Å². The van der Waals surface area contributed by atoms with Gasteiger partial charge in [0, 0.05) is 24.9 Å². The molecule has 5 heteroatoms. The summed E-state index contributed by atoms with van der Waals surface area (Å²) in [5, 5.41) is 4.22. The largest absolute Gasteiger partial charge is 0.397 e. The van der Waals surface area contributed by atoms with Gasteiger partial charge in [0.05, 0.1) is 15.6 Å². The number of aromatic nitrogens is 1. The number of nitrogens with one attached hydrogen (secondary N) is 1. The summed E-state index contributed by atoms with van der Waals surface area (Å²) >= 11 is 1.45. The Kier molecular flexibility index (Phi) is 3.21. The maximum Gasteiger partial charge on any atom is 0.178 e. The summed E-state index contributed by atoms with van der Waals surface area (Å²) in [7, 11) is 0. The summed E-state index contributed by atoms with van der Waals surface area (Å²) in [6.45, 7) is 0.685. The van der Waals surface area contributed by atoms with Crippen molar-refractivity contribution in [3.05, 3.63) is 41.0 Å². The molecule has 0 amide bonds. The molecule has 0 atom stereocenters. The molecule has 1 aliphatic carbocycles. The molecule has 0 aromatic carbocycles. The first kappa shape index (κ1) is 12.2. The predicted molar refractivity (Wildman–Crippen MR) is 77.3 cm³/mol. The van der Waals surface area contributed by atoms with Gasteiger partial charge in [0.25, 0.3) is 0 Å². The SMILES string of the molecule is Nc1cc(NCc2cccnc2)sc1C(=O)C1CC1. The molecule has 0 radical (unpaired) electrons. The van der Waals surface area contributed by atoms with E-state index in [1.165, 1.54) is 11.3 Å². The number of nitrogen functional groups attached to an aromatic ring is 1. The number of nitrogens with two attached hydrogens (primary N) is 1. The van der Waals surface area contributed by atoms with E-state index in [4.69, 9.17) is 5.73 Å². The lowest BCUT2D eigenvalue weighted by Crippen LogP contribution is -2.01. The zero-order valence-electron chi connectivity index (χ0n) is 10.4. The molecule has 98 valence electrons. The Morgan fingerprint density at radius 3 is 3.05 bits per heavy atom. The van der Waals surface area contributed by atoms with Gasteiger partial charge in [-0.25, -0.2) is 0 Å². The molecule has 4 nitrogen and oxygen atoms in total. The van der Waals surface area contributed by atoms with Crippen LogP contribution in [0.4, 0.5) is 10.7 Å². The number of nitrogens with zero attached hydrogens (tertiary/aromatic N) is 1. The fourth-order valence-electron chi connectivity index (χ4n) is 1.91. The highest BCUT2D eigenvalue weighted by molar-refractivity contribution is 7.18. The molecule has 1 saturated carbocycles. The maximum atomic E-state index is 12.0. The minimum Gasteiger partial charge on any atom is -0.397 e. The van der Waals surface area contributed by atoms with Crippen molar-refractivity contribution in [2.24, 2.45) is 5.92 Å². The van der Waals surface area contributed by atoms with Gasteiger partial charge >= 0.3 is 0 Å². The van der Waals surface area contributed by atoms with Gasteiger partial charge in [0.1, 0.15) is 0 Å². The van der Waals surface area contributed by atoms with Crippen LogP contribution in [0.15, 0.2) is 30.6 Å². The van der Waals surface area contributed by atoms with Crippen LogP contribution in [0.25, 0.3) is 0 Å². The first-order valence-electron chi connectivity index (χ1n) is 6.30. The summed E-state index contributed by atoms with van der Waals surface area (Å²) in [4.78, 5) is 16.8. The van der Waals surface area contributed by atoms with Crippen molar-refractivity contribution in [2.75, 3.05) is 11.1 Å². The Hall–Kier alpha value is -1.88. The van der Waals surface area contributed by atoms with Gasteiger partial charge in [0.15, 0.2) is 5.78 Å². The third-order valence-corrected chi connectivity index (χ3v) is 4.25. The molecule has 3 N–H and O–H groups in total. The highest BCUT2D eigenvalue weighted by atomic mass is 32.1. The van der Waals surface area contributed by atoms with E-state index in [1.807, 2.05) is 24.4 Å². The monoisotopic (exact) mass is 273 g/mol. The molecule has 2 aromatic heterocycles. The molecule has 2 heterocycles. The van der Waals surface area contributed by atoms with E-state index >= 15 is 0 Å². The van der Waals surface area contributed by atoms with Crippen LogP contribution in [0.2, 0.25) is 0 Å². The fourth-order valence-corrected chi connectivity index (χ4v) is 2.90. The second-order valence-electron chi connectivity index (χ2n) is 4.75. The zero-order valence-corrected chi connectivity index (χ0v) is 11.2. The van der Waals surface area contributed by atoms with Gasteiger partial charge in [-0.15, -0.1) is 11.3 Å². The van der Waals surface area contributed by atoms with Crippen molar-refractivity contribution in [3.8, 4) is 0 Å². The van der Waals surface area contributed by atoms with Crippen LogP contribution in [0, 0.1) is 5.92 Å². The van der Waals surface area contributed by atoms with Crippen molar-refractivity contribution in [1.82, 2.24) is 4.98 Å². The predicted octanol–water partition coefficient (Wildman–Crippen LogP) is 2.93. The molecule has 0 aliphatic heterocycles. The highest BCUT2D eigenvalue weighted by Gasteiger charge is 2.32. The number of pyridine rings is 1. The summed E-state index contributed by atoms with van der Waals surface area (Å²) in [6.07, 6.45) is 5.59. The number of ketones is 1. The Morgan fingerprint density at radius 2 is 2.37 bits per heavy atom. The number of rotatable bonds is 5. The highest BCUT2D eigenvalue weighted by Crippen LogP contribution is 2.38. The molecule has 0 saturated heterocycles. The van der Waals surface area contributed by atoms with Crippen LogP contribution in [0.5, 0.6) is 0 Å². The van der Waals surface area contributed by atoms with Crippen LogP contribution in [-0.4, -0.2) is 10.8 Å². The van der Waals surface area contributed by atoms with Crippen LogP contribution in [0.1, 0.15) is 28.1 Å². The van der Waals surface area contributed by atoms with E-state index < -0.39 is 0 Å². The van der Waals surface area contributed by atoms with Crippen molar-refractivity contribution >= 4 is 27.8 Å². The first-order chi connectivity index (χ1) is 9.24. The molecule has 0 bridgehead atoms. The Balaban J connectivity index is 1.68. The number of hydrogen-bond acceptors (Lipinski definition) is 5. The lowest BCUT2D eigenvalue weighted by atomic mass is 10.2. The van der Waals surface area contributed by atoms with E-state index in [2.05, 4.69) is 10.3 Å². The van der Waals surface area contributed by atoms with Crippen LogP contribution in [-0.2, 0) is 6.54 Å². The number of thiophene rings is 1. The molecule has 2 aromatic rings. The van der Waals surface area contributed by atoms with Crippen molar-refractivity contribution in [3.63, 3.8) is 0 Å². The third-order valence-electron chi connectivity index (χ3n) is 3.12. The van der Waals surface area contributed by atoms with Gasteiger partial charge < -0.3 is 11.1 Å². The van der Waals surface area contributed by atoms with E-state index in [-0.39, 0.29) is 11.7 Å². The van der Waals surface area contributed by atoms with Crippen LogP contribution in [0.3, 0.4) is 0 Å². The van der Waals surface area contributed by atoms with Gasteiger partial charge in [-0.05, 0) is 30.5 Å². The molecule has 0 spiro atoms. The molecular formula is C14H15N3OS. The average Bonchev–Trinajstić information content (AvgIpc) is 3.21. The lowest BCUT2D eigenvalue weighted by Gasteiger charge is -2.02. The molecule has 1 aliphatic rings. The first-order valence-corrected chi connectivity index (χ1v) is 7.12. The topological polar surface area (TPSA) is 68.0 Å². The molecule has 0 unspecified atom stereocenters. The van der Waals surface area contributed by atoms with Gasteiger partial charge in [0.2, 0.25) is 0 Å². The molecule has 3 rings (SSSR count). The lowest BCUT2D eigenvalue weighted by molar-refractivity contribution is 0.0972. The van der Waals surface area contributed by atoms with Gasteiger partial charge in [-0.2, -0.15) is 0 Å². The van der Waals surface area contributed by atoms with E-state index in [1.54, 1.807) is 6.20 Å². The second-order valence-corrected chi connectivity index (χ2v) is 5.80. The fraction of sp³-hybridized carbons (Fsp3) is 0.286. The summed E-state index contributed by atoms with van der Waals surface area (Å²) in [6, 6.07) is 5.76. The number of carbonyl (C=O) groups is 1. The minimum atomic E-state index is 0.205. The smallest absolute Gasteiger partial charge is 0.178 e. The number of hydrogen-bond donors (Lipinski definition) is 2. The quantitative estimate of drug-likeness (QED) is 0.822. The van der Waals surface area contributed by atoms with E-state index in [0.717, 1.165) is 23.4 Å². The number of Topliss-reactive ketones (excluding diaryl/α,β-unsaturated/α-hetero) is 1. The second kappa shape index (κ2) is 5.01. The minimum absolute atomic E-state index is 0.205. The standard InChI is InChI=1S/C14H15N3OS/c15-11-6-12(17-8-9-2-1-5-16-7-9)19-14(11)13(18)10-3-4-10/h1-2,5-7,10,17H,3-4,8,15H2. The average molecular weight is 273 g/mol. The van der Waals surface area contributed by atoms with E-state index in [0.29, 0.717) is 17.1 Å². The van der Waals surface area contributed by atoms with Crippen molar-refractivity contribution < 1.29 is 4.79 Å². The third kappa shape index (κ3) is 2.76. The molecule has 1 fully saturated rings. The number of carbonyl (C=O) groups excluding carboxylic acids is 1. The summed E-state index contributed by atoms with van der Waals surface area (Å²) in [5.74, 6) is 0.420. The maximum absolute atomic E-state index is 12.0.